The summed E-state index contributed by atoms with van der Waals surface area (Å²) in [7, 11) is 0. The summed E-state index contributed by atoms with van der Waals surface area (Å²) in [4.78, 5) is 0. The molecule has 7 rings (SSSR count). The number of hydrogen-bond acceptors (Lipinski definition) is 2. The van der Waals surface area contributed by atoms with Gasteiger partial charge in [-0.2, -0.15) is 0 Å². The molecule has 48 heavy (non-hydrogen) atoms. The van der Waals surface area contributed by atoms with Gasteiger partial charge in [0.25, 0.3) is 0 Å². The van der Waals surface area contributed by atoms with Gasteiger partial charge in [-0.3, -0.25) is 0 Å². The van der Waals surface area contributed by atoms with Crippen molar-refractivity contribution in [2.24, 2.45) is 0 Å². The molecule has 0 unspecified atom stereocenters. The van der Waals surface area contributed by atoms with E-state index in [1.165, 1.54) is 78.4 Å². The molecule has 0 bridgehead atoms. The van der Waals surface area contributed by atoms with Gasteiger partial charge in [0.05, 0.1) is 5.56 Å². The summed E-state index contributed by atoms with van der Waals surface area (Å²) >= 11 is 0. The van der Waals surface area contributed by atoms with Crippen LogP contribution in [0.1, 0.15) is 155 Å². The van der Waals surface area contributed by atoms with E-state index in [0.29, 0.717) is 0 Å². The fraction of sp³-hybridized carbons (Fsp3) is 0.478. The lowest BCUT2D eigenvalue weighted by atomic mass is 9.66. The number of anilines is 4. The maximum atomic E-state index is 2.61. The minimum Gasteiger partial charge on any atom is -0.130 e. The van der Waals surface area contributed by atoms with Gasteiger partial charge < -0.3 is 0 Å². The zero-order valence-electron chi connectivity index (χ0n) is 32.7. The van der Waals surface area contributed by atoms with E-state index in [9.17, 15) is 0 Å². The highest BCUT2D eigenvalue weighted by atomic mass is 15.6. The van der Waals surface area contributed by atoms with E-state index in [2.05, 4.69) is 181 Å². The average Bonchev–Trinajstić information content (AvgIpc) is 2.95. The minimum atomic E-state index is -0.186. The zero-order chi connectivity index (χ0) is 35.3. The molecular weight excluding hydrogens is 581 g/mol. The summed E-state index contributed by atoms with van der Waals surface area (Å²) in [5.41, 5.74) is 18.9. The third-order valence-electron chi connectivity index (χ3n) is 11.7. The first-order valence-electron chi connectivity index (χ1n) is 18.1. The molecule has 0 aromatic heterocycles. The average molecular weight is 639 g/mol. The van der Waals surface area contributed by atoms with Gasteiger partial charge >= 0.3 is 0 Å². The van der Waals surface area contributed by atoms with E-state index in [1.807, 2.05) is 0 Å². The maximum absolute atomic E-state index is 2.61. The van der Waals surface area contributed by atoms with Crippen molar-refractivity contribution in [3.8, 4) is 11.1 Å². The van der Waals surface area contributed by atoms with Crippen LogP contribution in [0.5, 0.6) is 0 Å². The van der Waals surface area contributed by atoms with Crippen LogP contribution in [-0.4, -0.2) is 0 Å². The van der Waals surface area contributed by atoms with Crippen molar-refractivity contribution >= 4 is 22.7 Å². The second kappa shape index (κ2) is 9.66. The Kier molecular flexibility index (Phi) is 6.67. The summed E-state index contributed by atoms with van der Waals surface area (Å²) in [6.45, 7) is 38.0. The fourth-order valence-corrected chi connectivity index (χ4v) is 8.28. The Morgan fingerprint density at radius 3 is 1.44 bits per heavy atom. The quantitative estimate of drug-likeness (QED) is 0.174. The highest BCUT2D eigenvalue weighted by Gasteiger charge is 2.56. The first-order chi connectivity index (χ1) is 21.8. The lowest BCUT2D eigenvalue weighted by molar-refractivity contribution is 0.529. The molecule has 3 aliphatic rings. The molecular formula is C46H58N2+. The van der Waals surface area contributed by atoms with E-state index in [-0.39, 0.29) is 32.5 Å². The van der Waals surface area contributed by atoms with Gasteiger partial charge in [-0.15, -0.1) is 5.01 Å². The summed E-state index contributed by atoms with van der Waals surface area (Å²) in [6, 6.07) is 24.7. The standard InChI is InChI=1S/C46H58N2/c1-41(2,3)27-17-19-37-33(23-27)45(13,14)35-25-29(43(7,8)9)21-31-32-22-30(44(10,11)12)26-36-40(32)48(47(37)39(31)35)38-20-18-28(42(4,5)6)24-34(38)46(36,15)16/h17-26H,1-16H3/q+1. The number of benzene rings is 4. The van der Waals surface area contributed by atoms with E-state index < -0.39 is 0 Å². The molecule has 0 saturated carbocycles. The second-order valence-corrected chi connectivity index (χ2v) is 20.2. The van der Waals surface area contributed by atoms with Crippen LogP contribution in [0.3, 0.4) is 0 Å². The number of fused-ring (bicyclic) bond motifs is 6. The Bertz CT molecular complexity index is 1860. The molecule has 251 valence electrons. The first-order valence-corrected chi connectivity index (χ1v) is 18.1. The zero-order valence-corrected chi connectivity index (χ0v) is 32.7. The molecule has 1 radical (unpaired) electrons. The SMILES string of the molecule is CC(C)(C)c1ccc2c(c1)C(C)(C)c1cc(C(C)(C)C)cc3c1N2[N+]1c2ccc(C(C)(C)C)cc2C(C)(C)c2cc(C(C)(C)C)cc-3c21. The van der Waals surface area contributed by atoms with Crippen molar-refractivity contribution in [1.29, 1.82) is 0 Å². The predicted molar refractivity (Wildman–Crippen MR) is 207 cm³/mol. The van der Waals surface area contributed by atoms with E-state index >= 15 is 0 Å². The normalized spacial score (nSPS) is 17.8. The van der Waals surface area contributed by atoms with Crippen LogP contribution < -0.4 is 10.0 Å². The summed E-state index contributed by atoms with van der Waals surface area (Å²) in [5.74, 6) is 0. The molecule has 3 aliphatic heterocycles. The van der Waals surface area contributed by atoms with Gasteiger partial charge in [0.15, 0.2) is 0 Å². The molecule has 0 spiro atoms. The van der Waals surface area contributed by atoms with Gasteiger partial charge in [0.1, 0.15) is 11.4 Å². The Morgan fingerprint density at radius 2 is 0.896 bits per heavy atom. The van der Waals surface area contributed by atoms with Gasteiger partial charge in [0.2, 0.25) is 11.4 Å². The van der Waals surface area contributed by atoms with Crippen molar-refractivity contribution in [2.75, 3.05) is 5.01 Å². The van der Waals surface area contributed by atoms with E-state index in [4.69, 9.17) is 0 Å². The van der Waals surface area contributed by atoms with E-state index in [1.54, 1.807) is 0 Å². The number of hydrogen-bond donors (Lipinski definition) is 0. The van der Waals surface area contributed by atoms with Crippen molar-refractivity contribution in [1.82, 2.24) is 5.01 Å². The second-order valence-electron chi connectivity index (χ2n) is 20.2. The molecule has 2 heteroatoms. The van der Waals surface area contributed by atoms with Gasteiger partial charge in [-0.05, 0) is 85.4 Å². The Labute approximate surface area is 291 Å². The van der Waals surface area contributed by atoms with Crippen molar-refractivity contribution in [3.05, 3.63) is 105 Å². The van der Waals surface area contributed by atoms with Crippen LogP contribution in [0, 0.1) is 0 Å². The van der Waals surface area contributed by atoms with Crippen molar-refractivity contribution in [2.45, 2.75) is 143 Å². The molecule has 0 amide bonds. The lowest BCUT2D eigenvalue weighted by Crippen LogP contribution is -2.49. The molecule has 0 N–H and O–H groups in total. The summed E-state index contributed by atoms with van der Waals surface area (Å²) in [6.07, 6.45) is 0. The monoisotopic (exact) mass is 638 g/mol. The lowest BCUT2D eigenvalue weighted by Gasteiger charge is -2.47. The third kappa shape index (κ3) is 4.61. The molecule has 2 nitrogen and oxygen atoms in total. The van der Waals surface area contributed by atoms with Crippen LogP contribution >= 0.6 is 0 Å². The minimum absolute atomic E-state index is 0.00797. The van der Waals surface area contributed by atoms with Gasteiger partial charge in [0, 0.05) is 38.6 Å². The van der Waals surface area contributed by atoms with Crippen LogP contribution in [0.4, 0.5) is 22.7 Å². The van der Waals surface area contributed by atoms with Crippen molar-refractivity contribution < 1.29 is 0 Å². The highest BCUT2D eigenvalue weighted by molar-refractivity contribution is 6.01. The summed E-state index contributed by atoms with van der Waals surface area (Å²) < 4.78 is 0. The van der Waals surface area contributed by atoms with Gasteiger partial charge in [-0.25, -0.2) is 0 Å². The number of rotatable bonds is 0. The highest BCUT2D eigenvalue weighted by Crippen LogP contribution is 2.64. The predicted octanol–water partition coefficient (Wildman–Crippen LogP) is 13.0. The topological polar surface area (TPSA) is 9.14 Å². The smallest absolute Gasteiger partial charge is 0.130 e. The number of hydrazine groups is 1. The third-order valence-corrected chi connectivity index (χ3v) is 11.7. The largest absolute Gasteiger partial charge is 0.228 e. The van der Waals surface area contributed by atoms with Crippen LogP contribution in [0.15, 0.2) is 60.7 Å². The van der Waals surface area contributed by atoms with Crippen LogP contribution in [0.25, 0.3) is 11.1 Å². The fourth-order valence-electron chi connectivity index (χ4n) is 8.28. The van der Waals surface area contributed by atoms with E-state index in [0.717, 1.165) is 0 Å². The first kappa shape index (κ1) is 33.2. The molecule has 3 heterocycles. The Balaban J connectivity index is 1.68. The summed E-state index contributed by atoms with van der Waals surface area (Å²) in [5, 5.41) is 5.22. The van der Waals surface area contributed by atoms with Crippen molar-refractivity contribution in [3.63, 3.8) is 0 Å². The molecule has 0 aliphatic carbocycles. The van der Waals surface area contributed by atoms with Gasteiger partial charge in [-0.1, -0.05) is 135 Å². The molecule has 4 aromatic rings. The maximum Gasteiger partial charge on any atom is 0.228 e. The Morgan fingerprint density at radius 1 is 0.458 bits per heavy atom. The molecule has 0 atom stereocenters. The van der Waals surface area contributed by atoms with Crippen LogP contribution in [-0.2, 0) is 32.5 Å². The molecule has 0 saturated heterocycles. The Hall–Kier alpha value is -3.36. The number of nitrogens with zero attached hydrogens (tertiary/aromatic N) is 2. The molecule has 4 aromatic carbocycles. The van der Waals surface area contributed by atoms with Crippen LogP contribution in [0.2, 0.25) is 0 Å². The molecule has 0 fully saturated rings.